The largest absolute Gasteiger partial charge is 0.397 e. The van der Waals surface area contributed by atoms with E-state index in [4.69, 9.17) is 38.3 Å². The Labute approximate surface area is 228 Å². The molecule has 0 aromatic heterocycles. The van der Waals surface area contributed by atoms with Gasteiger partial charge in [-0.3, -0.25) is 0 Å². The van der Waals surface area contributed by atoms with Crippen molar-refractivity contribution in [1.82, 2.24) is 0 Å². The molecule has 1 spiro atoms. The second kappa shape index (κ2) is 11.9. The molecule has 4 saturated carbocycles. The summed E-state index contributed by atoms with van der Waals surface area (Å²) in [5.74, 6) is 0.551. The molecule has 9 aliphatic rings. The summed E-state index contributed by atoms with van der Waals surface area (Å²) >= 11 is 0. The maximum absolute atomic E-state index is 7.57. The normalized spacial score (nSPS) is 51.8. The van der Waals surface area contributed by atoms with E-state index in [2.05, 4.69) is 13.8 Å². The van der Waals surface area contributed by atoms with E-state index >= 15 is 0 Å². The van der Waals surface area contributed by atoms with Crippen molar-refractivity contribution in [2.24, 2.45) is 11.3 Å². The molecule has 8 heteroatoms. The molecule has 218 valence electrons. The summed E-state index contributed by atoms with van der Waals surface area (Å²) in [7, 11) is 0. The van der Waals surface area contributed by atoms with Gasteiger partial charge in [-0.25, -0.2) is 0 Å². The molecule has 9 rings (SSSR count). The molecule has 5 saturated heterocycles. The zero-order valence-electron chi connectivity index (χ0n) is 23.6. The third-order valence-corrected chi connectivity index (χ3v) is 9.62. The zero-order valence-corrected chi connectivity index (χ0v) is 23.6. The van der Waals surface area contributed by atoms with Gasteiger partial charge in [-0.15, -0.1) is 0 Å². The molecule has 0 amide bonds. The average molecular weight is 539 g/mol. The minimum Gasteiger partial charge on any atom is -0.397 e. The van der Waals surface area contributed by atoms with Crippen LogP contribution in [0.2, 0.25) is 0 Å². The van der Waals surface area contributed by atoms with Crippen molar-refractivity contribution < 1.29 is 38.3 Å². The van der Waals surface area contributed by atoms with Gasteiger partial charge in [-0.05, 0) is 71.1 Å². The third-order valence-electron chi connectivity index (χ3n) is 9.62. The van der Waals surface area contributed by atoms with E-state index < -0.39 is 0 Å². The smallest absolute Gasteiger partial charge is 0.160 e. The van der Waals surface area contributed by atoms with Crippen LogP contribution in [0.1, 0.15) is 91.4 Å². The van der Waals surface area contributed by atoms with Crippen molar-refractivity contribution >= 4 is 0 Å². The zero-order chi connectivity index (χ0) is 26.3. The Morgan fingerprint density at radius 3 is 1.74 bits per heavy atom. The molecule has 11 atom stereocenters. The van der Waals surface area contributed by atoms with Crippen molar-refractivity contribution in [2.75, 3.05) is 19.8 Å². The fourth-order valence-electron chi connectivity index (χ4n) is 7.35. The summed E-state index contributed by atoms with van der Waals surface area (Å²) in [5, 5.41) is 7.57. The summed E-state index contributed by atoms with van der Waals surface area (Å²) in [6.07, 6.45) is 18.0. The molecule has 8 nitrogen and oxygen atoms in total. The van der Waals surface area contributed by atoms with E-state index in [1.54, 1.807) is 6.92 Å². The van der Waals surface area contributed by atoms with Crippen LogP contribution in [0.3, 0.4) is 0 Å². The molecule has 5 aliphatic heterocycles. The number of hydrogen-bond acceptors (Lipinski definition) is 8. The Balaban J connectivity index is 0.000000121. The Hall–Kier alpha value is -0.320. The Kier molecular flexibility index (Phi) is 8.70. The topological polar surface area (TPSA) is 98.0 Å². The van der Waals surface area contributed by atoms with E-state index in [0.717, 1.165) is 26.1 Å². The first-order valence-electron chi connectivity index (χ1n) is 15.7. The standard InChI is InChI=1S/C15H22O4.C10H14O3.C3H8.C2H6O/c1-2-10-12(18-10)5-9(1)14-16-7-15(8-17-14)4-3-11-13(6-15)19-11;1-3-7-9(12-7)5(1)11-6-2-4-8-10(6)13-8;1-3-2;1-2-3/h9-14H,1-8H2;5-10H,1-4H2;3H2,1-2H3;3H,2H2,1H3. The van der Waals surface area contributed by atoms with Gasteiger partial charge in [0.1, 0.15) is 12.2 Å². The third kappa shape index (κ3) is 6.43. The number of ether oxygens (including phenoxy) is 7. The lowest BCUT2D eigenvalue weighted by molar-refractivity contribution is -0.257. The van der Waals surface area contributed by atoms with E-state index in [9.17, 15) is 0 Å². The highest BCUT2D eigenvalue weighted by Crippen LogP contribution is 2.50. The van der Waals surface area contributed by atoms with Gasteiger partial charge < -0.3 is 38.3 Å². The van der Waals surface area contributed by atoms with Gasteiger partial charge in [0.15, 0.2) is 6.29 Å². The molecule has 0 aromatic carbocycles. The van der Waals surface area contributed by atoms with Crippen LogP contribution in [0.4, 0.5) is 0 Å². The first-order valence-corrected chi connectivity index (χ1v) is 15.7. The highest BCUT2D eigenvalue weighted by Gasteiger charge is 2.56. The van der Waals surface area contributed by atoms with E-state index in [-0.39, 0.29) is 18.3 Å². The average Bonchev–Trinajstić information content (AvgIpc) is 3.79. The lowest BCUT2D eigenvalue weighted by atomic mass is 9.74. The van der Waals surface area contributed by atoms with Crippen molar-refractivity contribution in [3.63, 3.8) is 0 Å². The number of fused-ring (bicyclic) bond motifs is 4. The van der Waals surface area contributed by atoms with Gasteiger partial charge >= 0.3 is 0 Å². The van der Waals surface area contributed by atoms with Crippen LogP contribution in [0, 0.1) is 11.3 Å². The summed E-state index contributed by atoms with van der Waals surface area (Å²) in [4.78, 5) is 0. The SMILES string of the molecule is C1CC2OC2C1OC1CCC2OC12.C1CC2OC2CC1C1OCC2(CCC3OC3C2)CO1.CCC.CCO. The number of aliphatic hydroxyl groups is 1. The summed E-state index contributed by atoms with van der Waals surface area (Å²) in [5.41, 5.74) is 0.251. The van der Waals surface area contributed by atoms with E-state index in [0.29, 0.717) is 67.0 Å². The lowest BCUT2D eigenvalue weighted by Gasteiger charge is -2.43. The molecule has 0 radical (unpaired) electrons. The van der Waals surface area contributed by atoms with Crippen molar-refractivity contribution in [3.05, 3.63) is 0 Å². The second-order valence-corrected chi connectivity index (χ2v) is 12.9. The maximum Gasteiger partial charge on any atom is 0.160 e. The Morgan fingerprint density at radius 1 is 0.684 bits per heavy atom. The molecule has 9 fully saturated rings. The Bertz CT molecular complexity index is 745. The molecular weight excluding hydrogens is 488 g/mol. The summed E-state index contributed by atoms with van der Waals surface area (Å²) in [6.45, 7) is 7.92. The van der Waals surface area contributed by atoms with Crippen LogP contribution in [-0.2, 0) is 33.2 Å². The number of hydrogen-bond donors (Lipinski definition) is 1. The molecule has 4 aliphatic carbocycles. The molecule has 0 bridgehead atoms. The van der Waals surface area contributed by atoms with Gasteiger partial charge in [0.25, 0.3) is 0 Å². The quantitative estimate of drug-likeness (QED) is 0.536. The van der Waals surface area contributed by atoms with Crippen LogP contribution >= 0.6 is 0 Å². The maximum atomic E-state index is 7.57. The van der Waals surface area contributed by atoms with E-state index in [1.807, 2.05) is 0 Å². The van der Waals surface area contributed by atoms with Gasteiger partial charge in [0.05, 0.1) is 62.0 Å². The number of aliphatic hydroxyl groups excluding tert-OH is 1. The van der Waals surface area contributed by atoms with E-state index in [1.165, 1.54) is 57.8 Å². The van der Waals surface area contributed by atoms with Crippen LogP contribution < -0.4 is 0 Å². The molecule has 5 heterocycles. The first-order chi connectivity index (χ1) is 18.6. The van der Waals surface area contributed by atoms with Crippen LogP contribution in [0.15, 0.2) is 0 Å². The van der Waals surface area contributed by atoms with Gasteiger partial charge in [0, 0.05) is 17.9 Å². The van der Waals surface area contributed by atoms with Crippen LogP contribution in [-0.4, -0.2) is 92.3 Å². The highest BCUT2D eigenvalue weighted by atomic mass is 16.7. The second-order valence-electron chi connectivity index (χ2n) is 12.9. The van der Waals surface area contributed by atoms with Crippen LogP contribution in [0.5, 0.6) is 0 Å². The molecule has 38 heavy (non-hydrogen) atoms. The van der Waals surface area contributed by atoms with Gasteiger partial charge in [0.2, 0.25) is 0 Å². The first kappa shape index (κ1) is 27.8. The van der Waals surface area contributed by atoms with Crippen LogP contribution in [0.25, 0.3) is 0 Å². The fourth-order valence-corrected chi connectivity index (χ4v) is 7.35. The monoisotopic (exact) mass is 538 g/mol. The minimum absolute atomic E-state index is 0.0219. The predicted octanol–water partition coefficient (Wildman–Crippen LogP) is 4.14. The minimum atomic E-state index is 0.0219. The molecular formula is C30H50O8. The lowest BCUT2D eigenvalue weighted by Crippen LogP contribution is -2.47. The van der Waals surface area contributed by atoms with Gasteiger partial charge in [-0.2, -0.15) is 0 Å². The fraction of sp³-hybridized carbons (Fsp3) is 1.00. The molecule has 1 N–H and O–H groups in total. The number of epoxide rings is 4. The van der Waals surface area contributed by atoms with Gasteiger partial charge in [-0.1, -0.05) is 20.3 Å². The number of rotatable bonds is 3. The van der Waals surface area contributed by atoms with Crippen molar-refractivity contribution in [2.45, 2.75) is 159 Å². The predicted molar refractivity (Wildman–Crippen MR) is 140 cm³/mol. The summed E-state index contributed by atoms with van der Waals surface area (Å²) < 4.78 is 40.4. The van der Waals surface area contributed by atoms with Crippen molar-refractivity contribution in [3.8, 4) is 0 Å². The summed E-state index contributed by atoms with van der Waals surface area (Å²) in [6, 6.07) is 0. The molecule has 11 unspecified atom stereocenters. The highest BCUT2D eigenvalue weighted by molar-refractivity contribution is 5.03. The Morgan fingerprint density at radius 2 is 1.24 bits per heavy atom. The molecule has 0 aromatic rings. The van der Waals surface area contributed by atoms with Crippen molar-refractivity contribution in [1.29, 1.82) is 0 Å².